The lowest BCUT2D eigenvalue weighted by molar-refractivity contribution is 0.474. The molecule has 28 heavy (non-hydrogen) atoms. The van der Waals surface area contributed by atoms with Gasteiger partial charge in [0.1, 0.15) is 5.82 Å². The Bertz CT molecular complexity index is 1110. The molecule has 1 aromatic heterocycles. The molecule has 2 aromatic rings. The van der Waals surface area contributed by atoms with Gasteiger partial charge in [0, 0.05) is 6.54 Å². The predicted octanol–water partition coefficient (Wildman–Crippen LogP) is 0.547. The Morgan fingerprint density at radius 2 is 1.32 bits per heavy atom. The molecule has 2 rings (SSSR count). The third-order valence-electron chi connectivity index (χ3n) is 3.98. The van der Waals surface area contributed by atoms with Crippen LogP contribution in [-0.2, 0) is 29.5 Å². The van der Waals surface area contributed by atoms with Gasteiger partial charge in [0.25, 0.3) is 0 Å². The van der Waals surface area contributed by atoms with Crippen molar-refractivity contribution < 1.29 is 12.8 Å². The number of hydrogen-bond donors (Lipinski definition) is 0. The Labute approximate surface area is 160 Å². The standard InChI is InChI=1S/C18H20FN3O5S/c1-3-10-20-16(23)21(11-4-2)18(25)22(17(20)24)12-5-13-28(26,27)15-8-6-14(19)7-9-15/h3-4,6-9H,1-2,5,10-13H2. The van der Waals surface area contributed by atoms with Gasteiger partial charge in [-0.15, -0.1) is 13.2 Å². The van der Waals surface area contributed by atoms with Gasteiger partial charge < -0.3 is 0 Å². The third kappa shape index (κ3) is 4.45. The fourth-order valence-corrected chi connectivity index (χ4v) is 3.91. The molecule has 0 amide bonds. The molecule has 10 heteroatoms. The maximum Gasteiger partial charge on any atom is 0.336 e. The normalized spacial score (nSPS) is 11.3. The van der Waals surface area contributed by atoms with Crippen LogP contribution in [0.2, 0.25) is 0 Å². The minimum atomic E-state index is -3.71. The molecular weight excluding hydrogens is 389 g/mol. The van der Waals surface area contributed by atoms with E-state index in [0.717, 1.165) is 38.0 Å². The van der Waals surface area contributed by atoms with Gasteiger partial charge in [0.05, 0.1) is 23.7 Å². The van der Waals surface area contributed by atoms with Crippen LogP contribution < -0.4 is 17.1 Å². The first-order chi connectivity index (χ1) is 13.2. The largest absolute Gasteiger partial charge is 0.336 e. The summed E-state index contributed by atoms with van der Waals surface area (Å²) in [7, 11) is -3.71. The number of hydrogen-bond acceptors (Lipinski definition) is 5. The van der Waals surface area contributed by atoms with E-state index in [1.807, 2.05) is 0 Å². The van der Waals surface area contributed by atoms with E-state index in [9.17, 15) is 27.2 Å². The molecule has 0 N–H and O–H groups in total. The van der Waals surface area contributed by atoms with E-state index in [0.29, 0.717) is 0 Å². The lowest BCUT2D eigenvalue weighted by Crippen LogP contribution is -2.54. The molecule has 0 aliphatic carbocycles. The molecule has 0 aliphatic rings. The molecule has 1 aromatic carbocycles. The van der Waals surface area contributed by atoms with Crippen molar-refractivity contribution in [3.63, 3.8) is 0 Å². The number of rotatable bonds is 9. The first kappa shape index (κ1) is 21.3. The van der Waals surface area contributed by atoms with E-state index in [-0.39, 0.29) is 36.7 Å². The Balaban J connectivity index is 2.33. The molecule has 0 saturated heterocycles. The molecule has 0 bridgehead atoms. The van der Waals surface area contributed by atoms with Gasteiger partial charge in [0.2, 0.25) is 0 Å². The summed E-state index contributed by atoms with van der Waals surface area (Å²) in [5.41, 5.74) is -2.46. The summed E-state index contributed by atoms with van der Waals surface area (Å²) in [6, 6.07) is 4.38. The summed E-state index contributed by atoms with van der Waals surface area (Å²) in [5, 5.41) is 0. The van der Waals surface area contributed by atoms with Gasteiger partial charge in [0.15, 0.2) is 9.84 Å². The number of benzene rings is 1. The van der Waals surface area contributed by atoms with Gasteiger partial charge in [-0.3, -0.25) is 0 Å². The van der Waals surface area contributed by atoms with Gasteiger partial charge in [-0.05, 0) is 30.7 Å². The summed E-state index contributed by atoms with van der Waals surface area (Å²) in [6.07, 6.45) is 2.64. The van der Waals surface area contributed by atoms with E-state index in [1.165, 1.54) is 12.2 Å². The Morgan fingerprint density at radius 1 is 0.857 bits per heavy atom. The second kappa shape index (κ2) is 8.79. The van der Waals surface area contributed by atoms with Crippen LogP contribution in [0.25, 0.3) is 0 Å². The molecule has 0 atom stereocenters. The highest BCUT2D eigenvalue weighted by atomic mass is 32.2. The van der Waals surface area contributed by atoms with E-state index < -0.39 is 32.7 Å². The second-order valence-corrected chi connectivity index (χ2v) is 8.03. The lowest BCUT2D eigenvalue weighted by atomic mass is 10.4. The maximum absolute atomic E-state index is 13.0. The molecule has 0 spiro atoms. The van der Waals surface area contributed by atoms with Crippen LogP contribution >= 0.6 is 0 Å². The monoisotopic (exact) mass is 409 g/mol. The highest BCUT2D eigenvalue weighted by Crippen LogP contribution is 2.12. The van der Waals surface area contributed by atoms with Gasteiger partial charge in [-0.25, -0.2) is 40.9 Å². The topological polar surface area (TPSA) is 100 Å². The zero-order chi connectivity index (χ0) is 20.9. The van der Waals surface area contributed by atoms with Gasteiger partial charge in [-0.1, -0.05) is 12.2 Å². The van der Waals surface area contributed by atoms with E-state index in [4.69, 9.17) is 0 Å². The average molecular weight is 409 g/mol. The summed E-state index contributed by atoms with van der Waals surface area (Å²) in [6.45, 7) is 6.57. The molecule has 0 unspecified atom stereocenters. The summed E-state index contributed by atoms with van der Waals surface area (Å²) in [5.74, 6) is -0.912. The number of allylic oxidation sites excluding steroid dienone is 2. The Morgan fingerprint density at radius 3 is 1.79 bits per heavy atom. The predicted molar refractivity (Wildman–Crippen MR) is 103 cm³/mol. The molecule has 0 radical (unpaired) electrons. The van der Waals surface area contributed by atoms with Crippen molar-refractivity contribution in [3.05, 3.63) is 86.8 Å². The fourth-order valence-electron chi connectivity index (χ4n) is 2.62. The SMILES string of the molecule is C=CCn1c(=O)n(CC=C)c(=O)n(CCCS(=O)(=O)c2ccc(F)cc2)c1=O. The van der Waals surface area contributed by atoms with Crippen molar-refractivity contribution in [1.82, 2.24) is 13.7 Å². The number of nitrogens with zero attached hydrogens (tertiary/aromatic N) is 3. The zero-order valence-corrected chi connectivity index (χ0v) is 15.9. The second-order valence-electron chi connectivity index (χ2n) is 5.92. The van der Waals surface area contributed by atoms with Gasteiger partial charge >= 0.3 is 17.1 Å². The summed E-state index contributed by atoms with van der Waals surface area (Å²) >= 11 is 0. The average Bonchev–Trinajstić information content (AvgIpc) is 2.65. The molecule has 1 heterocycles. The molecule has 0 fully saturated rings. The minimum absolute atomic E-state index is 0.0464. The maximum atomic E-state index is 13.0. The minimum Gasteiger partial charge on any atom is -0.247 e. The first-order valence-corrected chi connectivity index (χ1v) is 10.0. The molecule has 0 saturated carbocycles. The van der Waals surface area contributed by atoms with Crippen molar-refractivity contribution in [3.8, 4) is 0 Å². The molecule has 0 aliphatic heterocycles. The molecule has 150 valence electrons. The van der Waals surface area contributed by atoms with Crippen LogP contribution in [0.4, 0.5) is 4.39 Å². The molecular formula is C18H20FN3O5S. The van der Waals surface area contributed by atoms with Gasteiger partial charge in [-0.2, -0.15) is 0 Å². The van der Waals surface area contributed by atoms with Crippen molar-refractivity contribution in [2.45, 2.75) is 31.0 Å². The van der Waals surface area contributed by atoms with Crippen LogP contribution in [0.5, 0.6) is 0 Å². The van der Waals surface area contributed by atoms with Crippen LogP contribution in [0.3, 0.4) is 0 Å². The number of aromatic nitrogens is 3. The third-order valence-corrected chi connectivity index (χ3v) is 5.79. The van der Waals surface area contributed by atoms with Crippen LogP contribution in [0, 0.1) is 5.82 Å². The fraction of sp³-hybridized carbons (Fsp3) is 0.278. The van der Waals surface area contributed by atoms with Crippen molar-refractivity contribution in [2.24, 2.45) is 0 Å². The Kier molecular flexibility index (Phi) is 6.68. The van der Waals surface area contributed by atoms with E-state index in [1.54, 1.807) is 0 Å². The van der Waals surface area contributed by atoms with Crippen LogP contribution in [0.1, 0.15) is 6.42 Å². The number of sulfone groups is 1. The highest BCUT2D eigenvalue weighted by Gasteiger charge is 2.17. The van der Waals surface area contributed by atoms with Crippen molar-refractivity contribution >= 4 is 9.84 Å². The summed E-state index contributed by atoms with van der Waals surface area (Å²) in [4.78, 5) is 37.2. The van der Waals surface area contributed by atoms with Crippen LogP contribution in [0.15, 0.2) is 68.9 Å². The van der Waals surface area contributed by atoms with Crippen molar-refractivity contribution in [2.75, 3.05) is 5.75 Å². The quantitative estimate of drug-likeness (QED) is 0.445. The van der Waals surface area contributed by atoms with Crippen molar-refractivity contribution in [1.29, 1.82) is 0 Å². The first-order valence-electron chi connectivity index (χ1n) is 8.37. The van der Waals surface area contributed by atoms with E-state index in [2.05, 4.69) is 13.2 Å². The van der Waals surface area contributed by atoms with E-state index >= 15 is 0 Å². The summed E-state index contributed by atoms with van der Waals surface area (Å²) < 4.78 is 40.1. The highest BCUT2D eigenvalue weighted by molar-refractivity contribution is 7.91. The smallest absolute Gasteiger partial charge is 0.247 e. The van der Waals surface area contributed by atoms with Crippen LogP contribution in [-0.4, -0.2) is 27.9 Å². The molecule has 8 nitrogen and oxygen atoms in total. The Hall–Kier alpha value is -3.01. The zero-order valence-electron chi connectivity index (χ0n) is 15.1. The lowest BCUT2D eigenvalue weighted by Gasteiger charge is -2.12. The number of halogens is 1.